The van der Waals surface area contributed by atoms with Crippen LogP contribution in [0, 0.1) is 0 Å². The molecule has 0 aliphatic heterocycles. The second-order valence-electron chi connectivity index (χ2n) is 7.53. The van der Waals surface area contributed by atoms with Crippen molar-refractivity contribution in [1.82, 2.24) is 0 Å². The number of rotatable bonds is 4. The van der Waals surface area contributed by atoms with Crippen molar-refractivity contribution in [2.45, 2.75) is 37.3 Å². The first-order valence-electron chi connectivity index (χ1n) is 8.01. The summed E-state index contributed by atoms with van der Waals surface area (Å²) in [5.41, 5.74) is 0.605. The van der Waals surface area contributed by atoms with E-state index in [1.54, 1.807) is 0 Å². The Morgan fingerprint density at radius 3 is 1.27 bits per heavy atom. The highest BCUT2D eigenvalue weighted by Crippen LogP contribution is 2.57. The molecule has 1 aliphatic rings. The van der Waals surface area contributed by atoms with E-state index in [9.17, 15) is 4.79 Å². The molecule has 2 aromatic carbocycles. The van der Waals surface area contributed by atoms with Crippen LogP contribution in [0.5, 0.6) is 0 Å². The van der Waals surface area contributed by atoms with Gasteiger partial charge in [0, 0.05) is 11.1 Å². The molecule has 1 nitrogen and oxygen atoms in total. The van der Waals surface area contributed by atoms with Gasteiger partial charge in [-0.3, -0.25) is 4.79 Å². The van der Waals surface area contributed by atoms with E-state index >= 15 is 0 Å². The molecule has 0 aromatic heterocycles. The third-order valence-corrected chi connectivity index (χ3v) is 13.7. The largest absolute Gasteiger partial charge is 0.300 e. The molecule has 1 saturated carbocycles. The van der Waals surface area contributed by atoms with Crippen LogP contribution in [0.3, 0.4) is 0 Å². The summed E-state index contributed by atoms with van der Waals surface area (Å²) in [5.74, 6) is 0.529. The van der Waals surface area contributed by atoms with Gasteiger partial charge in [-0.1, -0.05) is 97.2 Å². The quantitative estimate of drug-likeness (QED) is 0.786. The molecule has 22 heavy (non-hydrogen) atoms. The van der Waals surface area contributed by atoms with E-state index in [2.05, 4.69) is 86.9 Å². The molecule has 0 spiro atoms. The zero-order valence-corrected chi connectivity index (χ0v) is 15.8. The summed E-state index contributed by atoms with van der Waals surface area (Å²) in [5, 5.41) is 2.82. The van der Waals surface area contributed by atoms with E-state index in [0.29, 0.717) is 16.9 Å². The van der Waals surface area contributed by atoms with Gasteiger partial charge in [-0.25, -0.2) is 0 Å². The Balaban J connectivity index is 1.91. The first kappa shape index (κ1) is 15.4. The Labute approximate surface area is 135 Å². The maximum Gasteiger partial charge on any atom is 0.135 e. The Morgan fingerprint density at radius 2 is 0.955 bits per heavy atom. The number of hydrogen-bond acceptors (Lipinski definition) is 1. The highest BCUT2D eigenvalue weighted by molar-refractivity contribution is 7.04. The zero-order chi connectivity index (χ0) is 16.0. The van der Waals surface area contributed by atoms with Crippen LogP contribution in [0.4, 0.5) is 0 Å². The summed E-state index contributed by atoms with van der Waals surface area (Å²) in [6.07, 6.45) is 0. The van der Waals surface area contributed by atoms with Crippen LogP contribution in [-0.2, 0) is 4.79 Å². The average molecular weight is 325 g/mol. The standard InChI is InChI=1S/C19H24OSi2/c1-21(2,15-11-7-5-8-12-15)18-17(20)19(18)22(3,4)16-13-9-6-10-14-16/h5-14,18-19H,1-4H3/t18-,19+. The van der Waals surface area contributed by atoms with Gasteiger partial charge < -0.3 is 0 Å². The molecule has 114 valence electrons. The first-order chi connectivity index (χ1) is 10.4. The van der Waals surface area contributed by atoms with Crippen molar-refractivity contribution < 1.29 is 4.79 Å². The lowest BCUT2D eigenvalue weighted by Gasteiger charge is -2.27. The van der Waals surface area contributed by atoms with Gasteiger partial charge in [0.1, 0.15) is 5.78 Å². The van der Waals surface area contributed by atoms with Crippen molar-refractivity contribution >= 4 is 32.3 Å². The molecule has 3 heteroatoms. The molecule has 1 fully saturated rings. The number of benzene rings is 2. The lowest BCUT2D eigenvalue weighted by atomic mass is 10.4. The number of Topliss-reactive ketones (excluding diaryl/α,β-unsaturated/α-hetero) is 1. The first-order valence-corrected chi connectivity index (χ1v) is 14.2. The summed E-state index contributed by atoms with van der Waals surface area (Å²) >= 11 is 0. The van der Waals surface area contributed by atoms with E-state index in [-0.39, 0.29) is 0 Å². The molecule has 2 atom stereocenters. The smallest absolute Gasteiger partial charge is 0.135 e. The highest BCUT2D eigenvalue weighted by Gasteiger charge is 2.64. The second kappa shape index (κ2) is 5.32. The zero-order valence-electron chi connectivity index (χ0n) is 13.8. The number of ketones is 1. The molecular weight excluding hydrogens is 300 g/mol. The van der Waals surface area contributed by atoms with Gasteiger partial charge in [0.2, 0.25) is 0 Å². The molecule has 1 aliphatic carbocycles. The molecule has 0 unspecified atom stereocenters. The van der Waals surface area contributed by atoms with E-state index in [1.807, 2.05) is 0 Å². The van der Waals surface area contributed by atoms with Crippen molar-refractivity contribution in [3.8, 4) is 0 Å². The topological polar surface area (TPSA) is 17.1 Å². The normalized spacial score (nSPS) is 21.7. The minimum atomic E-state index is -1.73. The minimum absolute atomic E-state index is 0.303. The second-order valence-corrected chi connectivity index (χ2v) is 16.8. The van der Waals surface area contributed by atoms with Crippen LogP contribution in [0.25, 0.3) is 0 Å². The van der Waals surface area contributed by atoms with E-state index < -0.39 is 16.1 Å². The predicted molar refractivity (Wildman–Crippen MR) is 99.6 cm³/mol. The molecule has 3 rings (SSSR count). The number of carbonyl (C=O) groups excluding carboxylic acids is 1. The van der Waals surface area contributed by atoms with Crippen LogP contribution in [0.1, 0.15) is 0 Å². The van der Waals surface area contributed by atoms with Gasteiger partial charge in [0.05, 0.1) is 16.1 Å². The van der Waals surface area contributed by atoms with E-state index in [0.717, 1.165) is 0 Å². The molecular formula is C19H24OSi2. The number of hydrogen-bond donors (Lipinski definition) is 0. The van der Waals surface area contributed by atoms with Gasteiger partial charge in [-0.2, -0.15) is 0 Å². The van der Waals surface area contributed by atoms with Gasteiger partial charge in [-0.15, -0.1) is 0 Å². The minimum Gasteiger partial charge on any atom is -0.300 e. The summed E-state index contributed by atoms with van der Waals surface area (Å²) in [6, 6.07) is 21.4. The molecule has 0 amide bonds. The Kier molecular flexibility index (Phi) is 3.73. The Bertz CT molecular complexity index is 618. The molecule has 0 radical (unpaired) electrons. The lowest BCUT2D eigenvalue weighted by molar-refractivity contribution is -0.109. The molecule has 0 N–H and O–H groups in total. The lowest BCUT2D eigenvalue weighted by Crippen LogP contribution is -2.46. The van der Waals surface area contributed by atoms with Crippen LogP contribution in [0.2, 0.25) is 37.3 Å². The fourth-order valence-electron chi connectivity index (χ4n) is 3.88. The molecule has 0 bridgehead atoms. The molecule has 0 saturated heterocycles. The van der Waals surface area contributed by atoms with Gasteiger partial charge >= 0.3 is 0 Å². The van der Waals surface area contributed by atoms with Crippen molar-refractivity contribution in [1.29, 1.82) is 0 Å². The van der Waals surface area contributed by atoms with E-state index in [4.69, 9.17) is 0 Å². The van der Waals surface area contributed by atoms with Crippen LogP contribution in [0.15, 0.2) is 60.7 Å². The summed E-state index contributed by atoms with van der Waals surface area (Å²) in [4.78, 5) is 12.7. The van der Waals surface area contributed by atoms with E-state index in [1.165, 1.54) is 10.4 Å². The van der Waals surface area contributed by atoms with Crippen molar-refractivity contribution in [2.75, 3.05) is 0 Å². The summed E-state index contributed by atoms with van der Waals surface area (Å²) < 4.78 is 0. The van der Waals surface area contributed by atoms with Crippen molar-refractivity contribution in [3.63, 3.8) is 0 Å². The van der Waals surface area contributed by atoms with Crippen LogP contribution >= 0.6 is 0 Å². The summed E-state index contributed by atoms with van der Waals surface area (Å²) in [7, 11) is -3.46. The summed E-state index contributed by atoms with van der Waals surface area (Å²) in [6.45, 7) is 9.45. The van der Waals surface area contributed by atoms with Crippen molar-refractivity contribution in [3.05, 3.63) is 60.7 Å². The maximum atomic E-state index is 12.7. The average Bonchev–Trinajstić information content (AvgIpc) is 3.22. The monoisotopic (exact) mass is 324 g/mol. The third-order valence-electron chi connectivity index (χ3n) is 5.43. The predicted octanol–water partition coefficient (Wildman–Crippen LogP) is 3.54. The van der Waals surface area contributed by atoms with Crippen molar-refractivity contribution in [2.24, 2.45) is 0 Å². The third kappa shape index (κ3) is 2.42. The fraction of sp³-hybridized carbons (Fsp3) is 0.316. The maximum absolute atomic E-state index is 12.7. The Morgan fingerprint density at radius 1 is 0.636 bits per heavy atom. The van der Waals surface area contributed by atoms with Crippen LogP contribution < -0.4 is 10.4 Å². The Hall–Kier alpha value is -1.46. The van der Waals surface area contributed by atoms with Gasteiger partial charge in [0.25, 0.3) is 0 Å². The molecule has 2 aromatic rings. The fourth-order valence-corrected chi connectivity index (χ4v) is 13.0. The number of carbonyl (C=O) groups is 1. The van der Waals surface area contributed by atoms with Gasteiger partial charge in [0.15, 0.2) is 0 Å². The molecule has 0 heterocycles. The van der Waals surface area contributed by atoms with Gasteiger partial charge in [-0.05, 0) is 0 Å². The highest BCUT2D eigenvalue weighted by atomic mass is 28.3. The SMILES string of the molecule is C[Si](C)(c1ccccc1)[C@@H]1C(=O)[C@@H]1[Si](C)(C)c1ccccc1. The van der Waals surface area contributed by atoms with Crippen LogP contribution in [-0.4, -0.2) is 21.9 Å².